The van der Waals surface area contributed by atoms with Crippen molar-refractivity contribution in [1.29, 1.82) is 0 Å². The molecule has 0 saturated carbocycles. The standard InChI is InChI=1S/C22H27ClN2O3/c1-27-19-5-3-4-15(10-19)21-13-18(26)11-17-14-24(8-9-25(17)21)16-6-7-20(23)22(12-16)28-2/h3-7,10,12,17-18,21,26H,8-9,11,13-14H2,1-2H3/t17?,18?,21-/m1/s1. The predicted octanol–water partition coefficient (Wildman–Crippen LogP) is 3.74. The van der Waals surface area contributed by atoms with Crippen LogP contribution in [-0.2, 0) is 0 Å². The van der Waals surface area contributed by atoms with Crippen LogP contribution in [0.2, 0.25) is 5.02 Å². The van der Waals surface area contributed by atoms with E-state index in [9.17, 15) is 5.11 Å². The maximum Gasteiger partial charge on any atom is 0.139 e. The largest absolute Gasteiger partial charge is 0.497 e. The van der Waals surface area contributed by atoms with Crippen molar-refractivity contribution >= 4 is 17.3 Å². The normalized spacial score (nSPS) is 25.3. The Morgan fingerprint density at radius 2 is 1.89 bits per heavy atom. The van der Waals surface area contributed by atoms with Crippen LogP contribution in [0.25, 0.3) is 0 Å². The Labute approximate surface area is 171 Å². The summed E-state index contributed by atoms with van der Waals surface area (Å²) in [4.78, 5) is 4.91. The number of nitrogens with zero attached hydrogens (tertiary/aromatic N) is 2. The minimum absolute atomic E-state index is 0.214. The molecule has 28 heavy (non-hydrogen) atoms. The number of hydrogen-bond acceptors (Lipinski definition) is 5. The number of piperazine rings is 1. The number of methoxy groups -OCH3 is 2. The van der Waals surface area contributed by atoms with E-state index in [0.29, 0.717) is 16.8 Å². The molecule has 2 unspecified atom stereocenters. The van der Waals surface area contributed by atoms with E-state index in [1.165, 1.54) is 5.56 Å². The van der Waals surface area contributed by atoms with Gasteiger partial charge in [0, 0.05) is 43.5 Å². The summed E-state index contributed by atoms with van der Waals surface area (Å²) in [5.41, 5.74) is 2.32. The molecule has 0 bridgehead atoms. The number of anilines is 1. The number of benzene rings is 2. The molecular weight excluding hydrogens is 376 g/mol. The van der Waals surface area contributed by atoms with Crippen molar-refractivity contribution in [2.45, 2.75) is 31.0 Å². The third-order valence-corrected chi connectivity index (χ3v) is 6.26. The van der Waals surface area contributed by atoms with E-state index in [2.05, 4.69) is 21.9 Å². The molecule has 1 N–H and O–H groups in total. The van der Waals surface area contributed by atoms with Crippen molar-refractivity contribution in [3.63, 3.8) is 0 Å². The highest BCUT2D eigenvalue weighted by molar-refractivity contribution is 6.32. The van der Waals surface area contributed by atoms with Crippen LogP contribution in [0.5, 0.6) is 11.5 Å². The molecule has 5 nitrogen and oxygen atoms in total. The lowest BCUT2D eigenvalue weighted by Gasteiger charge is -2.50. The van der Waals surface area contributed by atoms with Gasteiger partial charge < -0.3 is 19.5 Å². The Kier molecular flexibility index (Phi) is 5.67. The summed E-state index contributed by atoms with van der Waals surface area (Å²) in [5.74, 6) is 1.56. The second-order valence-corrected chi connectivity index (χ2v) is 7.98. The summed E-state index contributed by atoms with van der Waals surface area (Å²) in [6, 6.07) is 14.7. The molecule has 4 rings (SSSR count). The third-order valence-electron chi connectivity index (χ3n) is 5.95. The van der Waals surface area contributed by atoms with Crippen molar-refractivity contribution in [2.24, 2.45) is 0 Å². The van der Waals surface area contributed by atoms with Crippen molar-refractivity contribution in [1.82, 2.24) is 4.90 Å². The fraction of sp³-hybridized carbons (Fsp3) is 0.455. The molecule has 0 spiro atoms. The molecule has 0 amide bonds. The quantitative estimate of drug-likeness (QED) is 0.843. The van der Waals surface area contributed by atoms with Crippen LogP contribution in [0, 0.1) is 0 Å². The summed E-state index contributed by atoms with van der Waals surface area (Å²) in [6.45, 7) is 2.75. The lowest BCUT2D eigenvalue weighted by atomic mass is 9.87. The summed E-state index contributed by atoms with van der Waals surface area (Å²) in [6.07, 6.45) is 1.26. The SMILES string of the molecule is COc1cccc([C@H]2CC(O)CC3CN(c4ccc(Cl)c(OC)c4)CCN32)c1. The van der Waals surface area contributed by atoms with Gasteiger partial charge in [0.05, 0.1) is 25.3 Å². The summed E-state index contributed by atoms with van der Waals surface area (Å²) < 4.78 is 10.8. The third kappa shape index (κ3) is 3.79. The monoisotopic (exact) mass is 402 g/mol. The highest BCUT2D eigenvalue weighted by Gasteiger charge is 2.39. The number of ether oxygens (including phenoxy) is 2. The van der Waals surface area contributed by atoms with Gasteiger partial charge in [0.25, 0.3) is 0 Å². The molecule has 2 aliphatic heterocycles. The second kappa shape index (κ2) is 8.19. The van der Waals surface area contributed by atoms with Gasteiger partial charge >= 0.3 is 0 Å². The first-order valence-corrected chi connectivity index (χ1v) is 10.1. The number of aliphatic hydroxyl groups is 1. The van der Waals surface area contributed by atoms with E-state index in [-0.39, 0.29) is 12.1 Å². The second-order valence-electron chi connectivity index (χ2n) is 7.57. The minimum atomic E-state index is -0.294. The lowest BCUT2D eigenvalue weighted by Crippen LogP contribution is -2.58. The van der Waals surface area contributed by atoms with Gasteiger partial charge in [-0.25, -0.2) is 0 Å². The lowest BCUT2D eigenvalue weighted by molar-refractivity contribution is -0.00605. The fourth-order valence-corrected chi connectivity index (χ4v) is 4.74. The average Bonchev–Trinajstić information content (AvgIpc) is 2.73. The number of rotatable bonds is 4. The topological polar surface area (TPSA) is 45.2 Å². The van der Waals surface area contributed by atoms with E-state index in [1.807, 2.05) is 30.3 Å². The van der Waals surface area contributed by atoms with E-state index < -0.39 is 0 Å². The molecule has 2 saturated heterocycles. The number of aliphatic hydroxyl groups excluding tert-OH is 1. The molecule has 2 aliphatic rings. The Bertz CT molecular complexity index is 831. The van der Waals surface area contributed by atoms with Crippen molar-refractivity contribution in [3.05, 3.63) is 53.1 Å². The molecule has 6 heteroatoms. The zero-order chi connectivity index (χ0) is 19.7. The zero-order valence-corrected chi connectivity index (χ0v) is 17.1. The van der Waals surface area contributed by atoms with Crippen LogP contribution in [0.3, 0.4) is 0 Å². The molecule has 2 heterocycles. The van der Waals surface area contributed by atoms with Crippen LogP contribution in [0.15, 0.2) is 42.5 Å². The molecule has 2 aromatic rings. The van der Waals surface area contributed by atoms with Crippen molar-refractivity contribution < 1.29 is 14.6 Å². The molecule has 150 valence electrons. The van der Waals surface area contributed by atoms with E-state index in [1.54, 1.807) is 14.2 Å². The van der Waals surface area contributed by atoms with Crippen LogP contribution in [-0.4, -0.2) is 56.0 Å². The Morgan fingerprint density at radius 1 is 1.04 bits per heavy atom. The maximum absolute atomic E-state index is 10.6. The highest BCUT2D eigenvalue weighted by Crippen LogP contribution is 2.39. The smallest absolute Gasteiger partial charge is 0.139 e. The van der Waals surface area contributed by atoms with Gasteiger partial charge in [-0.3, -0.25) is 4.90 Å². The summed E-state index contributed by atoms with van der Waals surface area (Å²) in [5, 5.41) is 11.2. The highest BCUT2D eigenvalue weighted by atomic mass is 35.5. The van der Waals surface area contributed by atoms with Crippen LogP contribution in [0.4, 0.5) is 5.69 Å². The van der Waals surface area contributed by atoms with E-state index in [4.69, 9.17) is 21.1 Å². The molecule has 0 aromatic heterocycles. The predicted molar refractivity (Wildman–Crippen MR) is 112 cm³/mol. The number of halogens is 1. The van der Waals surface area contributed by atoms with E-state index >= 15 is 0 Å². The van der Waals surface area contributed by atoms with Gasteiger partial charge in [0.1, 0.15) is 11.5 Å². The van der Waals surface area contributed by atoms with Crippen molar-refractivity contribution in [3.8, 4) is 11.5 Å². The molecular formula is C22H27ClN2O3. The molecule has 2 fully saturated rings. The minimum Gasteiger partial charge on any atom is -0.497 e. The van der Waals surface area contributed by atoms with Gasteiger partial charge in [0.15, 0.2) is 0 Å². The summed E-state index contributed by atoms with van der Waals surface area (Å²) in [7, 11) is 3.33. The van der Waals surface area contributed by atoms with Gasteiger partial charge in [-0.05, 0) is 42.7 Å². The van der Waals surface area contributed by atoms with Crippen LogP contribution >= 0.6 is 11.6 Å². The maximum atomic E-state index is 10.6. The van der Waals surface area contributed by atoms with Gasteiger partial charge in [-0.2, -0.15) is 0 Å². The zero-order valence-electron chi connectivity index (χ0n) is 16.3. The first-order chi connectivity index (χ1) is 13.6. The van der Waals surface area contributed by atoms with Gasteiger partial charge in [-0.15, -0.1) is 0 Å². The number of hydrogen-bond donors (Lipinski definition) is 1. The molecule has 2 aromatic carbocycles. The fourth-order valence-electron chi connectivity index (χ4n) is 4.55. The molecule has 3 atom stereocenters. The Balaban J connectivity index is 1.55. The van der Waals surface area contributed by atoms with Crippen LogP contribution < -0.4 is 14.4 Å². The first kappa shape index (κ1) is 19.4. The van der Waals surface area contributed by atoms with E-state index in [0.717, 1.165) is 43.9 Å². The Morgan fingerprint density at radius 3 is 2.68 bits per heavy atom. The van der Waals surface area contributed by atoms with Gasteiger partial charge in [0.2, 0.25) is 0 Å². The average molecular weight is 403 g/mol. The van der Waals surface area contributed by atoms with Crippen molar-refractivity contribution in [2.75, 3.05) is 38.8 Å². The molecule has 0 radical (unpaired) electrons. The first-order valence-electron chi connectivity index (χ1n) is 9.75. The number of piperidine rings is 1. The van der Waals surface area contributed by atoms with Gasteiger partial charge in [-0.1, -0.05) is 23.7 Å². The number of fused-ring (bicyclic) bond motifs is 1. The molecule has 0 aliphatic carbocycles. The Hall–Kier alpha value is -1.95. The van der Waals surface area contributed by atoms with Crippen LogP contribution in [0.1, 0.15) is 24.4 Å². The summed E-state index contributed by atoms with van der Waals surface area (Å²) >= 11 is 6.18.